The van der Waals surface area contributed by atoms with Crippen LogP contribution in [0, 0.1) is 0 Å². The predicted molar refractivity (Wildman–Crippen MR) is 134 cm³/mol. The Morgan fingerprint density at radius 2 is 1.70 bits per heavy atom. The Kier molecular flexibility index (Phi) is 6.35. The number of rotatable bonds is 6. The zero-order chi connectivity index (χ0) is 22.6. The molecule has 7 heteroatoms. The lowest BCUT2D eigenvalue weighted by molar-refractivity contribution is 0.0383. The van der Waals surface area contributed by atoms with Gasteiger partial charge in [0, 0.05) is 37.1 Å². The number of benzene rings is 2. The lowest BCUT2D eigenvalue weighted by atomic mass is 9.99. The quantitative estimate of drug-likeness (QED) is 0.451. The molecule has 33 heavy (non-hydrogen) atoms. The first kappa shape index (κ1) is 21.6. The number of carbonyl (C=O) groups excluding carboxylic acids is 1. The van der Waals surface area contributed by atoms with Crippen LogP contribution in [0.3, 0.4) is 0 Å². The van der Waals surface area contributed by atoms with E-state index >= 15 is 0 Å². The molecular weight excluding hydrogens is 432 g/mol. The summed E-state index contributed by atoms with van der Waals surface area (Å²) in [5.74, 6) is -0.149. The van der Waals surface area contributed by atoms with Gasteiger partial charge in [-0.1, -0.05) is 60.7 Å². The van der Waals surface area contributed by atoms with Gasteiger partial charge in [0.1, 0.15) is 9.71 Å². The van der Waals surface area contributed by atoms with Crippen molar-refractivity contribution in [3.8, 4) is 22.4 Å². The van der Waals surface area contributed by atoms with Gasteiger partial charge in [-0.15, -0.1) is 11.3 Å². The average Bonchev–Trinajstić information content (AvgIpc) is 3.21. The number of hydrogen-bond acceptors (Lipinski definition) is 6. The molecule has 3 N–H and O–H groups in total. The zero-order valence-electron chi connectivity index (χ0n) is 18.3. The molecule has 3 heterocycles. The maximum absolute atomic E-state index is 13.0. The van der Waals surface area contributed by atoms with Crippen LogP contribution in [0.5, 0.6) is 0 Å². The van der Waals surface area contributed by atoms with Gasteiger partial charge in [0.25, 0.3) is 5.91 Å². The second-order valence-corrected chi connectivity index (χ2v) is 9.02. The maximum atomic E-state index is 13.0. The van der Waals surface area contributed by atoms with Crippen molar-refractivity contribution >= 4 is 33.1 Å². The van der Waals surface area contributed by atoms with Crippen molar-refractivity contribution in [2.24, 2.45) is 0 Å². The number of ether oxygens (including phenoxy) is 1. The number of carbonyl (C=O) groups is 1. The smallest absolute Gasteiger partial charge is 0.263 e. The number of nitrogen functional groups attached to an aromatic ring is 1. The molecule has 2 aromatic carbocycles. The van der Waals surface area contributed by atoms with Crippen molar-refractivity contribution in [1.82, 2.24) is 15.2 Å². The van der Waals surface area contributed by atoms with Crippen LogP contribution in [0.4, 0.5) is 5.69 Å². The fraction of sp³-hybridized carbons (Fsp3) is 0.231. The van der Waals surface area contributed by atoms with E-state index in [1.807, 2.05) is 48.5 Å². The number of fused-ring (bicyclic) bond motifs is 1. The van der Waals surface area contributed by atoms with Gasteiger partial charge in [0.2, 0.25) is 0 Å². The minimum absolute atomic E-state index is 0.149. The Bertz CT molecular complexity index is 1250. The van der Waals surface area contributed by atoms with Crippen molar-refractivity contribution in [2.75, 3.05) is 45.1 Å². The number of aromatic nitrogens is 1. The highest BCUT2D eigenvalue weighted by molar-refractivity contribution is 7.21. The third-order valence-electron chi connectivity index (χ3n) is 5.88. The largest absolute Gasteiger partial charge is 0.397 e. The summed E-state index contributed by atoms with van der Waals surface area (Å²) in [5, 5.41) is 3.87. The van der Waals surface area contributed by atoms with Crippen LogP contribution in [-0.4, -0.2) is 55.2 Å². The standard InChI is InChI=1S/C26H26N4O2S/c27-23-22-20(18-7-3-1-4-8-18)17-21(19-9-5-2-6-10-19)29-26(22)33-24(23)25(31)28-11-12-30-13-15-32-16-14-30/h1-10,17H,11-16,27H2,(H,28,31). The van der Waals surface area contributed by atoms with E-state index in [1.165, 1.54) is 11.3 Å². The molecule has 1 saturated heterocycles. The molecule has 0 saturated carbocycles. The summed E-state index contributed by atoms with van der Waals surface area (Å²) in [6.45, 7) is 4.65. The van der Waals surface area contributed by atoms with Crippen LogP contribution in [0.25, 0.3) is 32.6 Å². The first-order chi connectivity index (χ1) is 16.2. The molecule has 6 nitrogen and oxygen atoms in total. The number of nitrogens with two attached hydrogens (primary N) is 1. The SMILES string of the molecule is Nc1c(C(=O)NCCN2CCOCC2)sc2nc(-c3ccccc3)cc(-c3ccccc3)c12. The predicted octanol–water partition coefficient (Wildman–Crippen LogP) is 4.27. The van der Waals surface area contributed by atoms with Crippen LogP contribution in [0.1, 0.15) is 9.67 Å². The lowest BCUT2D eigenvalue weighted by Gasteiger charge is -2.26. The van der Waals surface area contributed by atoms with Crippen LogP contribution in [0.15, 0.2) is 66.7 Å². The molecule has 4 aromatic rings. The molecule has 0 radical (unpaired) electrons. The number of amides is 1. The van der Waals surface area contributed by atoms with Gasteiger partial charge >= 0.3 is 0 Å². The number of hydrogen-bond donors (Lipinski definition) is 2. The first-order valence-electron chi connectivity index (χ1n) is 11.1. The maximum Gasteiger partial charge on any atom is 0.263 e. The van der Waals surface area contributed by atoms with Gasteiger partial charge in [0.15, 0.2) is 0 Å². The molecular formula is C26H26N4O2S. The highest BCUT2D eigenvalue weighted by Gasteiger charge is 2.21. The molecule has 1 aliphatic rings. The molecule has 168 valence electrons. The van der Waals surface area contributed by atoms with Gasteiger partial charge in [-0.05, 0) is 17.2 Å². The number of nitrogens with one attached hydrogen (secondary N) is 1. The van der Waals surface area contributed by atoms with Crippen molar-refractivity contribution in [2.45, 2.75) is 0 Å². The number of pyridine rings is 1. The summed E-state index contributed by atoms with van der Waals surface area (Å²) < 4.78 is 5.38. The summed E-state index contributed by atoms with van der Waals surface area (Å²) in [5.41, 5.74) is 11.0. The summed E-state index contributed by atoms with van der Waals surface area (Å²) in [4.78, 5) is 21.5. The van der Waals surface area contributed by atoms with Gasteiger partial charge < -0.3 is 15.8 Å². The number of morpholine rings is 1. The van der Waals surface area contributed by atoms with Crippen molar-refractivity contribution in [3.05, 3.63) is 71.6 Å². The van der Waals surface area contributed by atoms with Crippen molar-refractivity contribution in [1.29, 1.82) is 0 Å². The Labute approximate surface area is 197 Å². The normalized spacial score (nSPS) is 14.4. The fourth-order valence-corrected chi connectivity index (χ4v) is 5.16. The van der Waals surface area contributed by atoms with Crippen LogP contribution in [0.2, 0.25) is 0 Å². The molecule has 5 rings (SSSR count). The van der Waals surface area contributed by atoms with E-state index in [0.717, 1.165) is 65.4 Å². The molecule has 2 aromatic heterocycles. The molecule has 1 aliphatic heterocycles. The van der Waals surface area contributed by atoms with E-state index in [4.69, 9.17) is 15.5 Å². The van der Waals surface area contributed by atoms with E-state index in [0.29, 0.717) is 17.1 Å². The van der Waals surface area contributed by atoms with Crippen LogP contribution in [-0.2, 0) is 4.74 Å². The number of thiophene rings is 1. The second kappa shape index (κ2) is 9.70. The summed E-state index contributed by atoms with van der Waals surface area (Å²) >= 11 is 1.35. The lowest BCUT2D eigenvalue weighted by Crippen LogP contribution is -2.41. The molecule has 0 aliphatic carbocycles. The Balaban J connectivity index is 1.49. The minimum Gasteiger partial charge on any atom is -0.397 e. The third-order valence-corrected chi connectivity index (χ3v) is 6.98. The Morgan fingerprint density at radius 3 is 2.39 bits per heavy atom. The zero-order valence-corrected chi connectivity index (χ0v) is 19.1. The number of nitrogens with zero attached hydrogens (tertiary/aromatic N) is 2. The molecule has 0 spiro atoms. The summed E-state index contributed by atoms with van der Waals surface area (Å²) in [6.07, 6.45) is 0. The number of anilines is 1. The molecule has 0 atom stereocenters. The minimum atomic E-state index is -0.149. The first-order valence-corrected chi connectivity index (χ1v) is 11.9. The molecule has 0 bridgehead atoms. The molecule has 1 fully saturated rings. The van der Waals surface area contributed by atoms with Gasteiger partial charge in [0.05, 0.1) is 24.6 Å². The summed E-state index contributed by atoms with van der Waals surface area (Å²) in [7, 11) is 0. The average molecular weight is 459 g/mol. The monoisotopic (exact) mass is 458 g/mol. The van der Waals surface area contributed by atoms with Crippen LogP contribution < -0.4 is 11.1 Å². The van der Waals surface area contributed by atoms with Crippen LogP contribution >= 0.6 is 11.3 Å². The van der Waals surface area contributed by atoms with Crippen molar-refractivity contribution in [3.63, 3.8) is 0 Å². The highest BCUT2D eigenvalue weighted by Crippen LogP contribution is 2.41. The van der Waals surface area contributed by atoms with E-state index in [2.05, 4.69) is 28.4 Å². The van der Waals surface area contributed by atoms with Gasteiger partial charge in [-0.3, -0.25) is 9.69 Å². The van der Waals surface area contributed by atoms with E-state index in [1.54, 1.807) is 0 Å². The fourth-order valence-electron chi connectivity index (χ4n) is 4.12. The molecule has 0 unspecified atom stereocenters. The van der Waals surface area contributed by atoms with E-state index in [9.17, 15) is 4.79 Å². The highest BCUT2D eigenvalue weighted by atomic mass is 32.1. The van der Waals surface area contributed by atoms with Gasteiger partial charge in [-0.25, -0.2) is 4.98 Å². The Morgan fingerprint density at radius 1 is 1.03 bits per heavy atom. The van der Waals surface area contributed by atoms with E-state index in [-0.39, 0.29) is 5.91 Å². The third kappa shape index (κ3) is 4.61. The molecule has 1 amide bonds. The van der Waals surface area contributed by atoms with E-state index < -0.39 is 0 Å². The second-order valence-electron chi connectivity index (χ2n) is 8.02. The topological polar surface area (TPSA) is 80.5 Å². The van der Waals surface area contributed by atoms with Gasteiger partial charge in [-0.2, -0.15) is 0 Å². The van der Waals surface area contributed by atoms with Crippen molar-refractivity contribution < 1.29 is 9.53 Å². The Hall–Kier alpha value is -3.26. The summed E-state index contributed by atoms with van der Waals surface area (Å²) in [6, 6.07) is 22.3.